The molecule has 0 radical (unpaired) electrons. The van der Waals surface area contributed by atoms with Crippen molar-refractivity contribution in [3.63, 3.8) is 0 Å². The lowest BCUT2D eigenvalue weighted by molar-refractivity contribution is -0.132. The van der Waals surface area contributed by atoms with Gasteiger partial charge in [-0.3, -0.25) is 14.5 Å². The zero-order valence-corrected chi connectivity index (χ0v) is 21.9. The maximum Gasteiger partial charge on any atom is 0.350 e. The van der Waals surface area contributed by atoms with Crippen LogP contribution in [0.25, 0.3) is 5.76 Å². The molecule has 1 fully saturated rings. The Morgan fingerprint density at radius 3 is 2.19 bits per heavy atom. The predicted molar refractivity (Wildman–Crippen MR) is 139 cm³/mol. The number of aliphatic hydroxyl groups is 1. The van der Waals surface area contributed by atoms with Crippen LogP contribution in [0.3, 0.4) is 0 Å². The first-order chi connectivity index (χ1) is 16.9. The molecule has 1 N–H and O–H groups in total. The van der Waals surface area contributed by atoms with Gasteiger partial charge in [0.15, 0.2) is 5.13 Å². The topological polar surface area (TPSA) is 96.8 Å². The highest BCUT2D eigenvalue weighted by Crippen LogP contribution is 2.44. The summed E-state index contributed by atoms with van der Waals surface area (Å²) in [6.45, 7) is 9.85. The molecule has 1 amide bonds. The van der Waals surface area contributed by atoms with Gasteiger partial charge in [0.2, 0.25) is 0 Å². The number of aromatic nitrogens is 1. The smallest absolute Gasteiger partial charge is 0.350 e. The number of Topliss-reactive ketones (excluding diaryl/α,β-unsaturated/α-hetero) is 1. The van der Waals surface area contributed by atoms with Crippen LogP contribution in [0.5, 0.6) is 0 Å². The van der Waals surface area contributed by atoms with E-state index in [4.69, 9.17) is 4.74 Å². The minimum absolute atomic E-state index is 0.0279. The monoisotopic (exact) mass is 504 g/mol. The standard InChI is InChI=1S/C28H28N2O5S/c1-15-7-9-18(10-8-15)22(31)20-21(17-11-13-19(14-12-17)28(3,4)5)30(25(33)23(20)32)27-29-16(2)24(36-27)26(34)35-6/h7-14,21,31H,1-6H3/b22-20+. The fourth-order valence-electron chi connectivity index (χ4n) is 4.14. The Morgan fingerprint density at radius 2 is 1.64 bits per heavy atom. The second-order valence-electron chi connectivity index (χ2n) is 9.81. The predicted octanol–water partition coefficient (Wildman–Crippen LogP) is 5.47. The van der Waals surface area contributed by atoms with Gasteiger partial charge in [0.1, 0.15) is 10.6 Å². The number of aryl methyl sites for hydroxylation is 2. The molecule has 0 bridgehead atoms. The molecule has 186 valence electrons. The van der Waals surface area contributed by atoms with Crippen molar-refractivity contribution in [2.75, 3.05) is 12.0 Å². The lowest BCUT2D eigenvalue weighted by Crippen LogP contribution is -2.29. The van der Waals surface area contributed by atoms with E-state index in [1.165, 1.54) is 12.0 Å². The van der Waals surface area contributed by atoms with Crippen LogP contribution >= 0.6 is 11.3 Å². The molecule has 3 aromatic rings. The van der Waals surface area contributed by atoms with Gasteiger partial charge >= 0.3 is 11.9 Å². The molecule has 1 aromatic heterocycles. The van der Waals surface area contributed by atoms with E-state index in [9.17, 15) is 19.5 Å². The zero-order valence-electron chi connectivity index (χ0n) is 21.1. The molecule has 2 heterocycles. The highest BCUT2D eigenvalue weighted by atomic mass is 32.1. The lowest BCUT2D eigenvalue weighted by Gasteiger charge is -2.24. The third kappa shape index (κ3) is 4.44. The van der Waals surface area contributed by atoms with Gasteiger partial charge in [0.05, 0.1) is 24.4 Å². The van der Waals surface area contributed by atoms with Crippen LogP contribution in [0, 0.1) is 13.8 Å². The molecule has 7 nitrogen and oxygen atoms in total. The van der Waals surface area contributed by atoms with E-state index in [1.807, 2.05) is 43.3 Å². The van der Waals surface area contributed by atoms with Gasteiger partial charge in [0, 0.05) is 5.56 Å². The molecule has 0 spiro atoms. The number of ketones is 1. The van der Waals surface area contributed by atoms with Crippen molar-refractivity contribution in [3.8, 4) is 0 Å². The number of carbonyl (C=O) groups is 3. The van der Waals surface area contributed by atoms with E-state index in [1.54, 1.807) is 19.1 Å². The molecule has 1 aliphatic rings. The van der Waals surface area contributed by atoms with Crippen LogP contribution in [-0.2, 0) is 19.7 Å². The van der Waals surface area contributed by atoms with Gasteiger partial charge in [-0.2, -0.15) is 0 Å². The molecule has 0 saturated carbocycles. The van der Waals surface area contributed by atoms with Crippen molar-refractivity contribution < 1.29 is 24.2 Å². The summed E-state index contributed by atoms with van der Waals surface area (Å²) in [7, 11) is 1.27. The molecule has 2 aromatic carbocycles. The van der Waals surface area contributed by atoms with E-state index in [2.05, 4.69) is 25.8 Å². The summed E-state index contributed by atoms with van der Waals surface area (Å²) in [5, 5.41) is 11.4. The van der Waals surface area contributed by atoms with Gasteiger partial charge in [0.25, 0.3) is 5.78 Å². The van der Waals surface area contributed by atoms with E-state index in [0.717, 1.165) is 22.5 Å². The van der Waals surface area contributed by atoms with Crippen LogP contribution in [0.15, 0.2) is 54.1 Å². The van der Waals surface area contributed by atoms with Crippen LogP contribution < -0.4 is 4.90 Å². The number of rotatable bonds is 4. The third-order valence-electron chi connectivity index (χ3n) is 6.22. The number of nitrogens with zero attached hydrogens (tertiary/aromatic N) is 2. The normalized spacial score (nSPS) is 17.5. The zero-order chi connectivity index (χ0) is 26.4. The summed E-state index contributed by atoms with van der Waals surface area (Å²) < 4.78 is 4.84. The molecular formula is C28H28N2O5S. The Hall–Kier alpha value is -3.78. The van der Waals surface area contributed by atoms with Gasteiger partial charge in [-0.1, -0.05) is 86.2 Å². The van der Waals surface area contributed by atoms with Crippen LogP contribution in [0.1, 0.15) is 64.4 Å². The summed E-state index contributed by atoms with van der Waals surface area (Å²) in [5.74, 6) is -2.47. The summed E-state index contributed by atoms with van der Waals surface area (Å²) in [6, 6.07) is 13.8. The van der Waals surface area contributed by atoms with Crippen molar-refractivity contribution in [1.29, 1.82) is 0 Å². The van der Waals surface area contributed by atoms with E-state index >= 15 is 0 Å². The molecule has 1 saturated heterocycles. The second kappa shape index (κ2) is 9.35. The Bertz CT molecular complexity index is 1380. The Balaban J connectivity index is 1.93. The first-order valence-corrected chi connectivity index (χ1v) is 12.3. The van der Waals surface area contributed by atoms with Crippen LogP contribution in [-0.4, -0.2) is 34.9 Å². The summed E-state index contributed by atoms with van der Waals surface area (Å²) in [4.78, 5) is 44.8. The molecule has 36 heavy (non-hydrogen) atoms. The molecule has 1 aliphatic heterocycles. The van der Waals surface area contributed by atoms with Crippen molar-refractivity contribution in [3.05, 3.63) is 86.9 Å². The summed E-state index contributed by atoms with van der Waals surface area (Å²) in [6.07, 6.45) is 0. The van der Waals surface area contributed by atoms with E-state index < -0.39 is 23.7 Å². The van der Waals surface area contributed by atoms with E-state index in [0.29, 0.717) is 16.8 Å². The fraction of sp³-hybridized carbons (Fsp3) is 0.286. The number of ether oxygens (including phenoxy) is 1. The number of anilines is 1. The number of thiazole rings is 1. The largest absolute Gasteiger partial charge is 0.507 e. The number of benzene rings is 2. The minimum atomic E-state index is -0.920. The maximum absolute atomic E-state index is 13.4. The maximum atomic E-state index is 13.4. The van der Waals surface area contributed by atoms with Gasteiger partial charge in [-0.25, -0.2) is 9.78 Å². The van der Waals surface area contributed by atoms with Crippen molar-refractivity contribution in [2.45, 2.75) is 46.1 Å². The first-order valence-electron chi connectivity index (χ1n) is 11.5. The third-order valence-corrected chi connectivity index (χ3v) is 7.36. The molecule has 1 atom stereocenters. The number of hydrogen-bond donors (Lipinski definition) is 1. The lowest BCUT2D eigenvalue weighted by atomic mass is 9.85. The average molecular weight is 505 g/mol. The molecule has 4 rings (SSSR count). The number of carbonyl (C=O) groups excluding carboxylic acids is 3. The minimum Gasteiger partial charge on any atom is -0.507 e. The highest BCUT2D eigenvalue weighted by Gasteiger charge is 2.48. The van der Waals surface area contributed by atoms with Crippen molar-refractivity contribution in [1.82, 2.24) is 4.98 Å². The molecular weight excluding hydrogens is 476 g/mol. The van der Waals surface area contributed by atoms with Crippen LogP contribution in [0.2, 0.25) is 0 Å². The Labute approximate surface area is 214 Å². The number of esters is 1. The van der Waals surface area contributed by atoms with Gasteiger partial charge in [-0.05, 0) is 30.4 Å². The van der Waals surface area contributed by atoms with Gasteiger partial charge in [-0.15, -0.1) is 0 Å². The molecule has 1 unspecified atom stereocenters. The van der Waals surface area contributed by atoms with Crippen molar-refractivity contribution in [2.24, 2.45) is 0 Å². The number of aliphatic hydroxyl groups excluding tert-OH is 1. The van der Waals surface area contributed by atoms with Crippen molar-refractivity contribution >= 4 is 39.9 Å². The highest BCUT2D eigenvalue weighted by molar-refractivity contribution is 7.17. The molecule has 0 aliphatic carbocycles. The Morgan fingerprint density at radius 1 is 1.03 bits per heavy atom. The second-order valence-corrected chi connectivity index (χ2v) is 10.8. The van der Waals surface area contributed by atoms with Gasteiger partial charge < -0.3 is 9.84 Å². The fourth-order valence-corrected chi connectivity index (χ4v) is 5.16. The average Bonchev–Trinajstić information content (AvgIpc) is 3.35. The SMILES string of the molecule is COC(=O)c1sc(N2C(=O)C(=O)/C(=C(/O)c3ccc(C)cc3)C2c2ccc(C(C)(C)C)cc2)nc1C. The number of amides is 1. The quantitative estimate of drug-likeness (QED) is 0.219. The van der Waals surface area contributed by atoms with E-state index in [-0.39, 0.29) is 26.8 Å². The number of hydrogen-bond acceptors (Lipinski definition) is 7. The molecule has 8 heteroatoms. The van der Waals surface area contributed by atoms with Crippen LogP contribution in [0.4, 0.5) is 5.13 Å². The Kier molecular flexibility index (Phi) is 6.58. The summed E-state index contributed by atoms with van der Waals surface area (Å²) >= 11 is 0.976. The number of methoxy groups -OCH3 is 1. The summed E-state index contributed by atoms with van der Waals surface area (Å²) in [5.41, 5.74) is 3.42. The first kappa shape index (κ1) is 25.3.